The van der Waals surface area contributed by atoms with Gasteiger partial charge in [0.25, 0.3) is 0 Å². The molecule has 0 aliphatic heterocycles. The van der Waals surface area contributed by atoms with Gasteiger partial charge in [0.1, 0.15) is 0 Å². The van der Waals surface area contributed by atoms with Crippen LogP contribution in [0.1, 0.15) is 40.1 Å². The first-order valence-electron chi connectivity index (χ1n) is 9.84. The van der Waals surface area contributed by atoms with Crippen molar-refractivity contribution in [2.45, 2.75) is 26.4 Å². The third-order valence-electron chi connectivity index (χ3n) is 5.01. The first-order valence-corrected chi connectivity index (χ1v) is 10.7. The van der Waals surface area contributed by atoms with Crippen LogP contribution in [-0.2, 0) is 11.2 Å². The van der Waals surface area contributed by atoms with Crippen molar-refractivity contribution in [1.29, 1.82) is 0 Å². The van der Waals surface area contributed by atoms with Crippen LogP contribution in [0.4, 0.5) is 0 Å². The van der Waals surface area contributed by atoms with E-state index in [0.717, 1.165) is 16.9 Å². The minimum Gasteiger partial charge on any atom is -0.451 e. The monoisotopic (exact) mass is 415 g/mol. The minimum atomic E-state index is -0.887. The number of benzene rings is 2. The topological polar surface area (TPSA) is 56.3 Å². The summed E-state index contributed by atoms with van der Waals surface area (Å²) in [7, 11) is 0. The SMILES string of the molecule is CCc1ccc(C(=O)C(C)OC(=O)c2cc(-c3cccs3)nc3ccccc23)cc1. The molecular weight excluding hydrogens is 394 g/mol. The first-order chi connectivity index (χ1) is 14.6. The van der Waals surface area contributed by atoms with Gasteiger partial charge >= 0.3 is 5.97 Å². The molecule has 0 N–H and O–H groups in total. The van der Waals surface area contributed by atoms with Gasteiger partial charge in [-0.25, -0.2) is 9.78 Å². The fourth-order valence-corrected chi connectivity index (χ4v) is 4.00. The number of nitrogens with zero attached hydrogens (tertiary/aromatic N) is 1. The van der Waals surface area contributed by atoms with E-state index >= 15 is 0 Å². The number of aryl methyl sites for hydroxylation is 1. The molecule has 0 spiro atoms. The molecular formula is C25H21NO3S. The quantitative estimate of drug-likeness (QED) is 0.288. The maximum atomic E-state index is 13.0. The van der Waals surface area contributed by atoms with Crippen molar-refractivity contribution < 1.29 is 14.3 Å². The molecule has 0 saturated heterocycles. The van der Waals surface area contributed by atoms with Crippen LogP contribution in [0.2, 0.25) is 0 Å². The van der Waals surface area contributed by atoms with Crippen LogP contribution in [-0.4, -0.2) is 22.8 Å². The summed E-state index contributed by atoms with van der Waals surface area (Å²) in [5.74, 6) is -0.750. The van der Waals surface area contributed by atoms with E-state index in [0.29, 0.717) is 27.7 Å². The van der Waals surface area contributed by atoms with Crippen molar-refractivity contribution in [2.75, 3.05) is 0 Å². The largest absolute Gasteiger partial charge is 0.451 e. The molecule has 1 unspecified atom stereocenters. The van der Waals surface area contributed by atoms with Crippen LogP contribution >= 0.6 is 11.3 Å². The number of para-hydroxylation sites is 1. The van der Waals surface area contributed by atoms with E-state index in [1.54, 1.807) is 36.5 Å². The highest BCUT2D eigenvalue weighted by atomic mass is 32.1. The molecule has 2 heterocycles. The number of hydrogen-bond acceptors (Lipinski definition) is 5. The Hall–Kier alpha value is -3.31. The van der Waals surface area contributed by atoms with Gasteiger partial charge in [-0.2, -0.15) is 0 Å². The van der Waals surface area contributed by atoms with E-state index in [4.69, 9.17) is 4.74 Å². The number of aromatic nitrogens is 1. The zero-order valence-corrected chi connectivity index (χ0v) is 17.6. The molecule has 150 valence electrons. The van der Waals surface area contributed by atoms with Gasteiger partial charge in [0.2, 0.25) is 5.78 Å². The van der Waals surface area contributed by atoms with Gasteiger partial charge in [0.15, 0.2) is 6.10 Å². The molecule has 5 heteroatoms. The maximum absolute atomic E-state index is 13.0. The lowest BCUT2D eigenvalue weighted by Gasteiger charge is -2.14. The number of rotatable bonds is 6. The van der Waals surface area contributed by atoms with E-state index < -0.39 is 12.1 Å². The molecule has 0 radical (unpaired) electrons. The highest BCUT2D eigenvalue weighted by molar-refractivity contribution is 7.13. The van der Waals surface area contributed by atoms with Gasteiger partial charge in [0, 0.05) is 10.9 Å². The summed E-state index contributed by atoms with van der Waals surface area (Å²) < 4.78 is 5.58. The summed E-state index contributed by atoms with van der Waals surface area (Å²) in [6, 6.07) is 20.5. The van der Waals surface area contributed by atoms with Crippen molar-refractivity contribution in [3.8, 4) is 10.6 Å². The Balaban J connectivity index is 1.63. The molecule has 0 bridgehead atoms. The molecule has 0 saturated carbocycles. The fourth-order valence-electron chi connectivity index (χ4n) is 3.31. The molecule has 30 heavy (non-hydrogen) atoms. The lowest BCUT2D eigenvalue weighted by atomic mass is 10.0. The standard InChI is InChI=1S/C25H21NO3S/c1-3-17-10-12-18(13-11-17)24(27)16(2)29-25(28)20-15-22(23-9-6-14-30-23)26-21-8-5-4-7-19(20)21/h4-16H,3H2,1-2H3. The molecule has 0 aliphatic rings. The molecule has 4 aromatic rings. The summed E-state index contributed by atoms with van der Waals surface area (Å²) in [4.78, 5) is 31.4. The van der Waals surface area contributed by atoms with Crippen LogP contribution in [0.15, 0.2) is 72.1 Å². The zero-order valence-electron chi connectivity index (χ0n) is 16.8. The van der Waals surface area contributed by atoms with Gasteiger partial charge in [-0.05, 0) is 42.5 Å². The van der Waals surface area contributed by atoms with Gasteiger partial charge in [-0.15, -0.1) is 11.3 Å². The Morgan fingerprint density at radius 2 is 1.80 bits per heavy atom. The molecule has 0 aliphatic carbocycles. The summed E-state index contributed by atoms with van der Waals surface area (Å²) in [6.07, 6.45) is 0.0165. The smallest absolute Gasteiger partial charge is 0.339 e. The predicted molar refractivity (Wildman–Crippen MR) is 120 cm³/mol. The zero-order chi connectivity index (χ0) is 21.1. The van der Waals surface area contributed by atoms with Crippen molar-refractivity contribution in [2.24, 2.45) is 0 Å². The Labute approximate surface area is 179 Å². The van der Waals surface area contributed by atoms with Gasteiger partial charge in [-0.3, -0.25) is 4.79 Å². The van der Waals surface area contributed by atoms with E-state index in [-0.39, 0.29) is 5.78 Å². The number of thiophene rings is 1. The highest BCUT2D eigenvalue weighted by Crippen LogP contribution is 2.28. The second-order valence-electron chi connectivity index (χ2n) is 7.01. The Bertz CT molecular complexity index is 1200. The van der Waals surface area contributed by atoms with Gasteiger partial charge in [-0.1, -0.05) is 55.5 Å². The van der Waals surface area contributed by atoms with Crippen LogP contribution in [0.25, 0.3) is 21.5 Å². The minimum absolute atomic E-state index is 0.220. The van der Waals surface area contributed by atoms with E-state index in [2.05, 4.69) is 11.9 Å². The molecule has 1 atom stereocenters. The lowest BCUT2D eigenvalue weighted by Crippen LogP contribution is -2.24. The van der Waals surface area contributed by atoms with Crippen molar-refractivity contribution in [3.63, 3.8) is 0 Å². The van der Waals surface area contributed by atoms with Crippen LogP contribution < -0.4 is 0 Å². The number of carbonyl (C=O) groups is 2. The highest BCUT2D eigenvalue weighted by Gasteiger charge is 2.22. The van der Waals surface area contributed by atoms with E-state index in [9.17, 15) is 9.59 Å². The third kappa shape index (κ3) is 4.02. The normalized spacial score (nSPS) is 11.9. The Kier molecular flexibility index (Phi) is 5.72. The number of pyridine rings is 1. The van der Waals surface area contributed by atoms with Crippen LogP contribution in [0.3, 0.4) is 0 Å². The molecule has 2 aromatic heterocycles. The number of esters is 1. The molecule has 0 amide bonds. The van der Waals surface area contributed by atoms with Crippen molar-refractivity contribution in [3.05, 3.63) is 88.8 Å². The van der Waals surface area contributed by atoms with Crippen molar-refractivity contribution >= 4 is 34.0 Å². The summed E-state index contributed by atoms with van der Waals surface area (Å²) in [5.41, 5.74) is 3.52. The Morgan fingerprint density at radius 1 is 1.03 bits per heavy atom. The van der Waals surface area contributed by atoms with Gasteiger partial charge < -0.3 is 4.74 Å². The van der Waals surface area contributed by atoms with Crippen LogP contribution in [0.5, 0.6) is 0 Å². The number of ketones is 1. The first kappa shape index (κ1) is 20.0. The molecule has 2 aromatic carbocycles. The van der Waals surface area contributed by atoms with Crippen molar-refractivity contribution in [1.82, 2.24) is 4.98 Å². The maximum Gasteiger partial charge on any atom is 0.339 e. The Morgan fingerprint density at radius 3 is 2.50 bits per heavy atom. The second kappa shape index (κ2) is 8.59. The lowest BCUT2D eigenvalue weighted by molar-refractivity contribution is 0.0320. The third-order valence-corrected chi connectivity index (χ3v) is 5.90. The van der Waals surface area contributed by atoms with E-state index in [1.165, 1.54) is 0 Å². The second-order valence-corrected chi connectivity index (χ2v) is 7.96. The number of ether oxygens (including phenoxy) is 1. The van der Waals surface area contributed by atoms with Gasteiger partial charge in [0.05, 0.1) is 21.7 Å². The molecule has 4 nitrogen and oxygen atoms in total. The fraction of sp³-hybridized carbons (Fsp3) is 0.160. The molecule has 4 rings (SSSR count). The summed E-state index contributed by atoms with van der Waals surface area (Å²) >= 11 is 1.56. The average molecular weight is 416 g/mol. The summed E-state index contributed by atoms with van der Waals surface area (Å²) in [5, 5.41) is 2.67. The van der Waals surface area contributed by atoms with Crippen LogP contribution in [0, 0.1) is 0 Å². The number of hydrogen-bond donors (Lipinski definition) is 0. The number of carbonyl (C=O) groups excluding carboxylic acids is 2. The number of fused-ring (bicyclic) bond motifs is 1. The summed E-state index contributed by atoms with van der Waals surface area (Å²) in [6.45, 7) is 3.67. The molecule has 0 fully saturated rings. The average Bonchev–Trinajstić information content (AvgIpc) is 3.33. The number of Topliss-reactive ketones (excluding diaryl/α,β-unsaturated/α-hetero) is 1. The van der Waals surface area contributed by atoms with E-state index in [1.807, 2.05) is 53.9 Å². The predicted octanol–water partition coefficient (Wildman–Crippen LogP) is 5.95.